The van der Waals surface area contributed by atoms with Gasteiger partial charge in [-0.1, -0.05) is 47.6 Å². The lowest BCUT2D eigenvalue weighted by Gasteiger charge is -2.11. The zero-order chi connectivity index (χ0) is 18.5. The van der Waals surface area contributed by atoms with Gasteiger partial charge in [0.05, 0.1) is 12.7 Å². The second kappa shape index (κ2) is 8.38. The maximum absolute atomic E-state index is 13.2. The summed E-state index contributed by atoms with van der Waals surface area (Å²) in [6.45, 7) is 4.37. The molecule has 0 N–H and O–H groups in total. The van der Waals surface area contributed by atoms with Crippen LogP contribution in [-0.2, 0) is 12.3 Å². The summed E-state index contributed by atoms with van der Waals surface area (Å²) in [5, 5.41) is 9.77. The number of rotatable bonds is 7. The molecular formula is C19H17ClFN3OS. The average Bonchev–Trinajstić information content (AvgIpc) is 3.04. The molecule has 0 spiro atoms. The number of methoxy groups -OCH3 is 1. The number of thioether (sulfide) groups is 1. The molecule has 26 heavy (non-hydrogen) atoms. The van der Waals surface area contributed by atoms with Crippen molar-refractivity contribution in [3.8, 4) is 17.1 Å². The Balaban J connectivity index is 1.91. The smallest absolute Gasteiger partial charge is 0.192 e. The Morgan fingerprint density at radius 1 is 1.27 bits per heavy atom. The van der Waals surface area contributed by atoms with Crippen molar-refractivity contribution in [1.29, 1.82) is 0 Å². The maximum atomic E-state index is 13.2. The first-order valence-electron chi connectivity index (χ1n) is 7.88. The van der Waals surface area contributed by atoms with E-state index < -0.39 is 0 Å². The highest BCUT2D eigenvalue weighted by Gasteiger charge is 2.17. The van der Waals surface area contributed by atoms with Crippen LogP contribution in [0.1, 0.15) is 5.56 Å². The van der Waals surface area contributed by atoms with Crippen molar-refractivity contribution in [2.45, 2.75) is 17.5 Å². The first-order valence-corrected chi connectivity index (χ1v) is 9.24. The van der Waals surface area contributed by atoms with Gasteiger partial charge in [0, 0.05) is 17.3 Å². The van der Waals surface area contributed by atoms with Gasteiger partial charge < -0.3 is 4.74 Å². The second-order valence-corrected chi connectivity index (χ2v) is 6.78. The van der Waals surface area contributed by atoms with Crippen LogP contribution in [0.2, 0.25) is 5.02 Å². The third-order valence-corrected chi connectivity index (χ3v) is 5.12. The Labute approximate surface area is 160 Å². The zero-order valence-corrected chi connectivity index (χ0v) is 15.7. The molecule has 1 aromatic heterocycles. The van der Waals surface area contributed by atoms with Crippen LogP contribution >= 0.6 is 23.4 Å². The lowest BCUT2D eigenvalue weighted by atomic mass is 10.2. The van der Waals surface area contributed by atoms with Gasteiger partial charge in [0.15, 0.2) is 11.0 Å². The van der Waals surface area contributed by atoms with Crippen LogP contribution in [0.15, 0.2) is 60.3 Å². The second-order valence-electron chi connectivity index (χ2n) is 5.43. The Morgan fingerprint density at radius 2 is 2.08 bits per heavy atom. The number of para-hydroxylation sites is 1. The predicted molar refractivity (Wildman–Crippen MR) is 103 cm³/mol. The van der Waals surface area contributed by atoms with Crippen molar-refractivity contribution in [1.82, 2.24) is 14.8 Å². The molecule has 0 saturated heterocycles. The van der Waals surface area contributed by atoms with E-state index >= 15 is 0 Å². The van der Waals surface area contributed by atoms with Gasteiger partial charge in [0.25, 0.3) is 0 Å². The highest BCUT2D eigenvalue weighted by molar-refractivity contribution is 7.98. The van der Waals surface area contributed by atoms with Crippen LogP contribution in [0, 0.1) is 5.82 Å². The number of nitrogens with zero attached hydrogens (tertiary/aromatic N) is 3. The number of hydrogen-bond donors (Lipinski definition) is 0. The average molecular weight is 390 g/mol. The van der Waals surface area contributed by atoms with Crippen LogP contribution in [-0.4, -0.2) is 21.9 Å². The fourth-order valence-corrected chi connectivity index (χ4v) is 3.76. The van der Waals surface area contributed by atoms with Gasteiger partial charge in [0.2, 0.25) is 0 Å². The van der Waals surface area contributed by atoms with Crippen molar-refractivity contribution in [3.05, 3.63) is 71.5 Å². The minimum atomic E-state index is -0.350. The summed E-state index contributed by atoms with van der Waals surface area (Å²) < 4.78 is 20.6. The highest BCUT2D eigenvalue weighted by atomic mass is 35.5. The SMILES string of the molecule is C=CCn1c(SCc2ccc(F)cc2Cl)nnc1-c1ccccc1OC. The Kier molecular flexibility index (Phi) is 5.96. The lowest BCUT2D eigenvalue weighted by molar-refractivity contribution is 0.416. The zero-order valence-electron chi connectivity index (χ0n) is 14.2. The van der Waals surface area contributed by atoms with Crippen LogP contribution in [0.5, 0.6) is 5.75 Å². The predicted octanol–water partition coefficient (Wildman–Crippen LogP) is 5.22. The van der Waals surface area contributed by atoms with Crippen molar-refractivity contribution in [2.24, 2.45) is 0 Å². The molecular weight excluding hydrogens is 373 g/mol. The van der Waals surface area contributed by atoms with Gasteiger partial charge in [-0.25, -0.2) is 4.39 Å². The van der Waals surface area contributed by atoms with Gasteiger partial charge in [-0.2, -0.15) is 0 Å². The Morgan fingerprint density at radius 3 is 2.81 bits per heavy atom. The number of halogens is 2. The van der Waals surface area contributed by atoms with Gasteiger partial charge in [-0.05, 0) is 29.8 Å². The summed E-state index contributed by atoms with van der Waals surface area (Å²) in [7, 11) is 1.62. The molecule has 134 valence electrons. The van der Waals surface area contributed by atoms with E-state index in [9.17, 15) is 4.39 Å². The van der Waals surface area contributed by atoms with Crippen molar-refractivity contribution in [3.63, 3.8) is 0 Å². The molecule has 0 aliphatic rings. The summed E-state index contributed by atoms with van der Waals surface area (Å²) in [5.74, 6) is 1.63. The van der Waals surface area contributed by atoms with E-state index in [4.69, 9.17) is 16.3 Å². The number of benzene rings is 2. The third-order valence-electron chi connectivity index (χ3n) is 3.75. The van der Waals surface area contributed by atoms with E-state index in [2.05, 4.69) is 16.8 Å². The van der Waals surface area contributed by atoms with E-state index in [0.717, 1.165) is 22.0 Å². The standard InChI is InChI=1S/C19H17ClFN3OS/c1-3-10-24-18(15-6-4-5-7-17(15)25-2)22-23-19(24)26-12-13-8-9-14(21)11-16(13)20/h3-9,11H,1,10,12H2,2H3. The molecule has 0 bridgehead atoms. The molecule has 0 aliphatic heterocycles. The number of hydrogen-bond acceptors (Lipinski definition) is 4. The lowest BCUT2D eigenvalue weighted by Crippen LogP contribution is -2.02. The van der Waals surface area contributed by atoms with Crippen LogP contribution in [0.4, 0.5) is 4.39 Å². The molecule has 4 nitrogen and oxygen atoms in total. The van der Waals surface area contributed by atoms with Gasteiger partial charge in [0.1, 0.15) is 11.6 Å². The molecule has 2 aromatic carbocycles. The molecule has 0 atom stereocenters. The third kappa shape index (κ3) is 3.92. The number of ether oxygens (including phenoxy) is 1. The molecule has 0 amide bonds. The van der Waals surface area contributed by atoms with Gasteiger partial charge >= 0.3 is 0 Å². The van der Waals surface area contributed by atoms with Crippen molar-refractivity contribution in [2.75, 3.05) is 7.11 Å². The quantitative estimate of drug-likeness (QED) is 0.410. The molecule has 3 rings (SSSR count). The van der Waals surface area contributed by atoms with E-state index in [-0.39, 0.29) is 5.82 Å². The molecule has 0 saturated carbocycles. The molecule has 7 heteroatoms. The highest BCUT2D eigenvalue weighted by Crippen LogP contribution is 2.32. The van der Waals surface area contributed by atoms with E-state index in [1.807, 2.05) is 28.8 Å². The van der Waals surface area contributed by atoms with Crippen molar-refractivity contribution >= 4 is 23.4 Å². The van der Waals surface area contributed by atoms with Crippen LogP contribution < -0.4 is 4.74 Å². The van der Waals surface area contributed by atoms with E-state index in [0.29, 0.717) is 23.1 Å². The summed E-state index contributed by atoms with van der Waals surface area (Å²) in [5.41, 5.74) is 1.70. The normalized spacial score (nSPS) is 10.7. The first-order chi connectivity index (χ1) is 12.6. The molecule has 0 unspecified atom stereocenters. The van der Waals surface area contributed by atoms with E-state index in [1.54, 1.807) is 19.3 Å². The first kappa shape index (κ1) is 18.5. The van der Waals surface area contributed by atoms with Gasteiger partial charge in [-0.15, -0.1) is 16.8 Å². The topological polar surface area (TPSA) is 39.9 Å². The number of allylic oxidation sites excluding steroid dienone is 1. The minimum absolute atomic E-state index is 0.350. The minimum Gasteiger partial charge on any atom is -0.496 e. The van der Waals surface area contributed by atoms with Gasteiger partial charge in [-0.3, -0.25) is 4.57 Å². The van der Waals surface area contributed by atoms with Crippen molar-refractivity contribution < 1.29 is 9.13 Å². The van der Waals surface area contributed by atoms with Crippen LogP contribution in [0.25, 0.3) is 11.4 Å². The maximum Gasteiger partial charge on any atom is 0.192 e. The molecule has 3 aromatic rings. The largest absolute Gasteiger partial charge is 0.496 e. The fourth-order valence-electron chi connectivity index (χ4n) is 2.50. The molecule has 1 heterocycles. The summed E-state index contributed by atoms with van der Waals surface area (Å²) in [4.78, 5) is 0. The summed E-state index contributed by atoms with van der Waals surface area (Å²) in [6, 6.07) is 12.0. The number of aromatic nitrogens is 3. The Bertz CT molecular complexity index is 929. The van der Waals surface area contributed by atoms with Crippen LogP contribution in [0.3, 0.4) is 0 Å². The molecule has 0 aliphatic carbocycles. The fraction of sp³-hybridized carbons (Fsp3) is 0.158. The molecule has 0 fully saturated rings. The summed E-state index contributed by atoms with van der Waals surface area (Å²) in [6.07, 6.45) is 1.79. The summed E-state index contributed by atoms with van der Waals surface area (Å²) >= 11 is 7.59. The van der Waals surface area contributed by atoms with E-state index in [1.165, 1.54) is 23.9 Å². The monoisotopic (exact) mass is 389 g/mol. The molecule has 0 radical (unpaired) electrons. The Hall–Kier alpha value is -2.31.